The molecule has 5 nitrogen and oxygen atoms in total. The molecule has 1 heterocycles. The van der Waals surface area contributed by atoms with Gasteiger partial charge in [0.1, 0.15) is 12.5 Å². The summed E-state index contributed by atoms with van der Waals surface area (Å²) in [5.41, 5.74) is 0. The predicted molar refractivity (Wildman–Crippen MR) is 108 cm³/mol. The first-order valence-electron chi connectivity index (χ1n) is 11.8. The van der Waals surface area contributed by atoms with E-state index in [9.17, 15) is 79.4 Å². The Labute approximate surface area is 231 Å². The van der Waals surface area contributed by atoms with E-state index in [-0.39, 0.29) is 13.2 Å². The van der Waals surface area contributed by atoms with Gasteiger partial charge < -0.3 is 14.2 Å². The molecule has 1 rings (SSSR count). The first kappa shape index (κ1) is 39.2. The monoisotopic (exact) mass is 677 g/mol. The van der Waals surface area contributed by atoms with Gasteiger partial charge in [-0.3, -0.25) is 9.69 Å². The molecule has 1 saturated heterocycles. The fourth-order valence-corrected chi connectivity index (χ4v) is 3.58. The maximum absolute atomic E-state index is 14.3. The van der Waals surface area contributed by atoms with Crippen LogP contribution >= 0.6 is 0 Å². The quantitative estimate of drug-likeness (QED) is 0.107. The van der Waals surface area contributed by atoms with Crippen LogP contribution in [0.3, 0.4) is 0 Å². The maximum atomic E-state index is 14.3. The summed E-state index contributed by atoms with van der Waals surface area (Å²) >= 11 is 0. The van der Waals surface area contributed by atoms with Crippen molar-refractivity contribution in [2.75, 3.05) is 46.1 Å². The molecule has 0 aromatic heterocycles. The lowest BCUT2D eigenvalue weighted by Crippen LogP contribution is -2.68. The fraction of sp³-hybridized carbons (Fsp3) is 0.952. The van der Waals surface area contributed by atoms with Gasteiger partial charge in [-0.15, -0.1) is 0 Å². The van der Waals surface area contributed by atoms with Crippen LogP contribution in [-0.2, 0) is 19.0 Å². The van der Waals surface area contributed by atoms with E-state index in [0.29, 0.717) is 33.2 Å². The number of hydrogen-bond donors (Lipinski definition) is 0. The van der Waals surface area contributed by atoms with E-state index in [4.69, 9.17) is 9.47 Å². The Balaban J connectivity index is 3.14. The Hall–Kier alpha value is -1.84. The normalized spacial score (nSPS) is 18.1. The lowest BCUT2D eigenvalue weighted by molar-refractivity contribution is -0.414. The highest BCUT2D eigenvalue weighted by Crippen LogP contribution is 2.60. The molecular formula is C21H24F17NO4. The van der Waals surface area contributed by atoms with E-state index in [2.05, 4.69) is 4.74 Å². The van der Waals surface area contributed by atoms with Gasteiger partial charge in [-0.05, 0) is 0 Å². The summed E-state index contributed by atoms with van der Waals surface area (Å²) in [6.45, 7) is 0.733. The van der Waals surface area contributed by atoms with Crippen molar-refractivity contribution in [3.8, 4) is 0 Å². The molecule has 0 bridgehead atoms. The average Bonchev–Trinajstić information content (AvgIpc) is 2.79. The van der Waals surface area contributed by atoms with Gasteiger partial charge in [-0.1, -0.05) is 0 Å². The molecule has 0 N–H and O–H groups in total. The summed E-state index contributed by atoms with van der Waals surface area (Å²) < 4.78 is 244. The van der Waals surface area contributed by atoms with Crippen LogP contribution in [0.4, 0.5) is 74.6 Å². The SMILES string of the molecule is CC(=O)OC(COCCN1CCOCC1)CC(F)(F)C(F)(F)CC(F)(F)C(F)(F)C(F)(F)C(F)(F)C(F)(F)CC(F)(F)F. The van der Waals surface area contributed by atoms with Crippen LogP contribution in [0, 0.1) is 0 Å². The molecule has 1 atom stereocenters. The van der Waals surface area contributed by atoms with E-state index in [1.54, 1.807) is 4.90 Å². The highest BCUT2D eigenvalue weighted by molar-refractivity contribution is 5.66. The van der Waals surface area contributed by atoms with Crippen molar-refractivity contribution in [3.63, 3.8) is 0 Å². The van der Waals surface area contributed by atoms with Crippen molar-refractivity contribution < 1.29 is 93.6 Å². The van der Waals surface area contributed by atoms with Crippen molar-refractivity contribution in [2.24, 2.45) is 0 Å². The number of rotatable bonds is 16. The van der Waals surface area contributed by atoms with Crippen LogP contribution in [0.15, 0.2) is 0 Å². The zero-order chi connectivity index (χ0) is 33.9. The van der Waals surface area contributed by atoms with Crippen molar-refractivity contribution in [3.05, 3.63) is 0 Å². The minimum atomic E-state index is -8.20. The number of ether oxygens (including phenoxy) is 3. The van der Waals surface area contributed by atoms with Gasteiger partial charge in [0, 0.05) is 26.6 Å². The third-order valence-corrected chi connectivity index (χ3v) is 5.89. The van der Waals surface area contributed by atoms with E-state index in [1.807, 2.05) is 0 Å². The zero-order valence-electron chi connectivity index (χ0n) is 21.7. The number of nitrogens with zero attached hydrogens (tertiary/aromatic N) is 1. The summed E-state index contributed by atoms with van der Waals surface area (Å²) in [6.07, 6.45) is -19.9. The van der Waals surface area contributed by atoms with Gasteiger partial charge in [-0.2, -0.15) is 74.6 Å². The van der Waals surface area contributed by atoms with Crippen molar-refractivity contribution in [1.82, 2.24) is 4.90 Å². The summed E-state index contributed by atoms with van der Waals surface area (Å²) in [5, 5.41) is 0. The van der Waals surface area contributed by atoms with Gasteiger partial charge in [0.05, 0.1) is 39.3 Å². The van der Waals surface area contributed by atoms with Crippen molar-refractivity contribution >= 4 is 5.97 Å². The van der Waals surface area contributed by atoms with Crippen LogP contribution in [-0.4, -0.2) is 111 Å². The molecule has 43 heavy (non-hydrogen) atoms. The number of alkyl halides is 17. The first-order valence-corrected chi connectivity index (χ1v) is 11.8. The molecule has 0 radical (unpaired) electrons. The second kappa shape index (κ2) is 13.3. The largest absolute Gasteiger partial charge is 0.460 e. The van der Waals surface area contributed by atoms with E-state index in [1.165, 1.54) is 0 Å². The Bertz CT molecular complexity index is 920. The lowest BCUT2D eigenvalue weighted by atomic mass is 9.88. The zero-order valence-corrected chi connectivity index (χ0v) is 21.7. The van der Waals surface area contributed by atoms with E-state index < -0.39 is 85.6 Å². The Morgan fingerprint density at radius 3 is 1.60 bits per heavy atom. The van der Waals surface area contributed by atoms with Crippen LogP contribution in [0.5, 0.6) is 0 Å². The second-order valence-corrected chi connectivity index (χ2v) is 9.47. The Kier molecular flexibility index (Phi) is 12.1. The topological polar surface area (TPSA) is 48.0 Å². The summed E-state index contributed by atoms with van der Waals surface area (Å²) in [6, 6.07) is 0. The van der Waals surface area contributed by atoms with E-state index >= 15 is 0 Å². The highest BCUT2D eigenvalue weighted by atomic mass is 19.4. The summed E-state index contributed by atoms with van der Waals surface area (Å²) in [4.78, 5) is 12.9. The van der Waals surface area contributed by atoms with Gasteiger partial charge in [0.15, 0.2) is 0 Å². The number of hydrogen-bond acceptors (Lipinski definition) is 5. The number of halogens is 17. The third kappa shape index (κ3) is 9.33. The Morgan fingerprint density at radius 1 is 0.698 bits per heavy atom. The molecular weight excluding hydrogens is 653 g/mol. The maximum Gasteiger partial charge on any atom is 0.395 e. The second-order valence-electron chi connectivity index (χ2n) is 9.47. The lowest BCUT2D eigenvalue weighted by Gasteiger charge is -2.41. The number of esters is 1. The molecule has 0 amide bonds. The van der Waals surface area contributed by atoms with Crippen molar-refractivity contribution in [1.29, 1.82) is 0 Å². The first-order chi connectivity index (χ1) is 19.0. The molecule has 0 aromatic carbocycles. The highest BCUT2D eigenvalue weighted by Gasteiger charge is 2.87. The van der Waals surface area contributed by atoms with E-state index in [0.717, 1.165) is 0 Å². The van der Waals surface area contributed by atoms with Crippen LogP contribution < -0.4 is 0 Å². The molecule has 1 fully saturated rings. The van der Waals surface area contributed by atoms with Gasteiger partial charge in [0.25, 0.3) is 0 Å². The Morgan fingerprint density at radius 2 is 1.16 bits per heavy atom. The third-order valence-electron chi connectivity index (χ3n) is 5.89. The van der Waals surface area contributed by atoms with Crippen LogP contribution in [0.1, 0.15) is 26.2 Å². The standard InChI is InChI=1S/C21H24F17NO4/c1-12(40)43-13(9-42-7-4-39-2-5-41-6-3-39)8-14(22,23)15(24,25)10-16(26,27)19(33,34)21(37,38)20(35,36)17(28,29)11-18(30,31)32/h13H,2-11H2,1H3. The van der Waals surface area contributed by atoms with Gasteiger partial charge in [-0.25, -0.2) is 0 Å². The molecule has 1 aliphatic heterocycles. The molecule has 0 aromatic rings. The minimum Gasteiger partial charge on any atom is -0.460 e. The number of morpholine rings is 1. The van der Waals surface area contributed by atoms with Crippen LogP contribution in [0.25, 0.3) is 0 Å². The fourth-order valence-electron chi connectivity index (χ4n) is 3.58. The predicted octanol–water partition coefficient (Wildman–Crippen LogP) is 6.45. The average molecular weight is 677 g/mol. The van der Waals surface area contributed by atoms with Gasteiger partial charge in [0.2, 0.25) is 0 Å². The number of carbonyl (C=O) groups excluding carboxylic acids is 1. The minimum absolute atomic E-state index is 0.116. The smallest absolute Gasteiger partial charge is 0.395 e. The molecule has 22 heteroatoms. The summed E-state index contributed by atoms with van der Waals surface area (Å²) in [5.74, 6) is -52.7. The molecule has 1 aliphatic rings. The molecule has 1 unspecified atom stereocenters. The molecule has 256 valence electrons. The number of carbonyl (C=O) groups is 1. The molecule has 0 aliphatic carbocycles. The van der Waals surface area contributed by atoms with Gasteiger partial charge >= 0.3 is 53.6 Å². The summed E-state index contributed by atoms with van der Waals surface area (Å²) in [7, 11) is 0. The van der Waals surface area contributed by atoms with Crippen molar-refractivity contribution in [2.45, 2.75) is 79.9 Å². The molecule has 0 spiro atoms. The molecule has 0 saturated carbocycles. The van der Waals surface area contributed by atoms with Crippen LogP contribution in [0.2, 0.25) is 0 Å².